The molecular weight excluding hydrogens is 458 g/mol. The zero-order chi connectivity index (χ0) is 12.6. The zero-order valence-corrected chi connectivity index (χ0v) is 14.5. The van der Waals surface area contributed by atoms with Gasteiger partial charge in [0, 0.05) is 10.6 Å². The van der Waals surface area contributed by atoms with Gasteiger partial charge in [0.25, 0.3) is 0 Å². The standard InChI is InChI=1S/C11H5Br3ClFS/c12-8-4-5(11(14)17-8)10(13)9-6(15)2-1-3-7(9)16/h1-4,10H. The first-order valence-electron chi connectivity index (χ1n) is 4.53. The molecule has 0 saturated heterocycles. The molecule has 0 aliphatic carbocycles. The highest BCUT2D eigenvalue weighted by atomic mass is 79.9. The molecule has 0 bridgehead atoms. The van der Waals surface area contributed by atoms with E-state index in [2.05, 4.69) is 47.8 Å². The van der Waals surface area contributed by atoms with Crippen molar-refractivity contribution in [2.45, 2.75) is 4.83 Å². The van der Waals surface area contributed by atoms with Gasteiger partial charge in [0.15, 0.2) is 0 Å². The summed E-state index contributed by atoms with van der Waals surface area (Å²) in [6, 6.07) is 6.63. The molecule has 1 unspecified atom stereocenters. The smallest absolute Gasteiger partial charge is 0.129 e. The summed E-state index contributed by atoms with van der Waals surface area (Å²) in [6.45, 7) is 0. The Balaban J connectivity index is 2.51. The molecule has 1 heterocycles. The van der Waals surface area contributed by atoms with E-state index in [4.69, 9.17) is 11.6 Å². The highest BCUT2D eigenvalue weighted by Crippen LogP contribution is 2.44. The highest BCUT2D eigenvalue weighted by Gasteiger charge is 2.21. The predicted molar refractivity (Wildman–Crippen MR) is 81.9 cm³/mol. The molecule has 1 aromatic heterocycles. The molecule has 0 aliphatic heterocycles. The topological polar surface area (TPSA) is 0 Å². The van der Waals surface area contributed by atoms with Gasteiger partial charge in [0.05, 0.1) is 12.4 Å². The fourth-order valence-corrected chi connectivity index (χ4v) is 6.03. The average Bonchev–Trinajstić information content (AvgIpc) is 2.57. The minimum Gasteiger partial charge on any atom is -0.207 e. The van der Waals surface area contributed by atoms with Gasteiger partial charge in [0.2, 0.25) is 0 Å². The fraction of sp³-hybridized carbons (Fsp3) is 0.0909. The number of hydrogen-bond donors (Lipinski definition) is 0. The van der Waals surface area contributed by atoms with Crippen molar-refractivity contribution in [2.75, 3.05) is 0 Å². The summed E-state index contributed by atoms with van der Waals surface area (Å²) in [5.74, 6) is -0.311. The molecule has 0 fully saturated rings. The minimum atomic E-state index is -0.311. The summed E-state index contributed by atoms with van der Waals surface area (Å²) in [4.78, 5) is -0.270. The van der Waals surface area contributed by atoms with E-state index in [1.54, 1.807) is 23.5 Å². The summed E-state index contributed by atoms with van der Waals surface area (Å²) in [6.07, 6.45) is 0. The molecule has 2 aromatic rings. The third-order valence-electron chi connectivity index (χ3n) is 2.21. The first-order chi connectivity index (χ1) is 8.00. The van der Waals surface area contributed by atoms with Crippen molar-refractivity contribution in [3.8, 4) is 0 Å². The van der Waals surface area contributed by atoms with Crippen molar-refractivity contribution in [3.05, 3.63) is 53.8 Å². The van der Waals surface area contributed by atoms with Crippen LogP contribution < -0.4 is 0 Å². The van der Waals surface area contributed by atoms with Gasteiger partial charge in [-0.3, -0.25) is 0 Å². The van der Waals surface area contributed by atoms with E-state index < -0.39 is 0 Å². The van der Waals surface area contributed by atoms with Crippen LogP contribution in [0.25, 0.3) is 0 Å². The van der Waals surface area contributed by atoms with E-state index in [1.807, 2.05) is 6.07 Å². The van der Waals surface area contributed by atoms with Gasteiger partial charge in [-0.1, -0.05) is 33.6 Å². The molecule has 6 heteroatoms. The van der Waals surface area contributed by atoms with E-state index in [9.17, 15) is 4.39 Å². The van der Waals surface area contributed by atoms with Gasteiger partial charge in [-0.15, -0.1) is 11.3 Å². The molecule has 0 aliphatic rings. The molecule has 2 rings (SSSR count). The number of halogens is 5. The monoisotopic (exact) mass is 460 g/mol. The molecule has 0 spiro atoms. The second-order valence-corrected chi connectivity index (χ2v) is 8.35. The van der Waals surface area contributed by atoms with E-state index in [1.165, 1.54) is 6.07 Å². The Morgan fingerprint density at radius 1 is 1.29 bits per heavy atom. The Labute approximate surface area is 133 Å². The number of benzene rings is 1. The largest absolute Gasteiger partial charge is 0.207 e. The van der Waals surface area contributed by atoms with E-state index in [0.717, 1.165) is 13.1 Å². The Morgan fingerprint density at radius 3 is 2.53 bits per heavy atom. The molecule has 1 atom stereocenters. The maximum Gasteiger partial charge on any atom is 0.129 e. The molecule has 1 aromatic carbocycles. The molecule has 0 radical (unpaired) electrons. The Hall–Kier alpha value is 0.580. The van der Waals surface area contributed by atoms with Crippen LogP contribution in [0.2, 0.25) is 5.02 Å². The van der Waals surface area contributed by atoms with Crippen LogP contribution in [0.1, 0.15) is 16.0 Å². The molecule has 0 N–H and O–H groups in total. The maximum absolute atomic E-state index is 13.8. The van der Waals surface area contributed by atoms with Gasteiger partial charge >= 0.3 is 0 Å². The van der Waals surface area contributed by atoms with Crippen molar-refractivity contribution in [2.24, 2.45) is 0 Å². The first-order valence-corrected chi connectivity index (χ1v) is 8.23. The summed E-state index contributed by atoms with van der Waals surface area (Å²) in [5, 5.41) is 0.418. The van der Waals surface area contributed by atoms with Crippen LogP contribution in [0.15, 0.2) is 31.8 Å². The zero-order valence-electron chi connectivity index (χ0n) is 8.18. The molecular formula is C11H5Br3ClFS. The maximum atomic E-state index is 13.8. The van der Waals surface area contributed by atoms with Gasteiger partial charge in [0.1, 0.15) is 5.82 Å². The van der Waals surface area contributed by atoms with Crippen molar-refractivity contribution in [1.82, 2.24) is 0 Å². The summed E-state index contributed by atoms with van der Waals surface area (Å²) < 4.78 is 15.7. The average molecular weight is 463 g/mol. The van der Waals surface area contributed by atoms with Crippen LogP contribution in [-0.4, -0.2) is 0 Å². The van der Waals surface area contributed by atoms with E-state index in [-0.39, 0.29) is 10.6 Å². The van der Waals surface area contributed by atoms with Crippen molar-refractivity contribution >= 4 is 70.7 Å². The van der Waals surface area contributed by atoms with Crippen LogP contribution in [-0.2, 0) is 0 Å². The SMILES string of the molecule is Fc1cccc(Cl)c1C(Br)c1cc(Br)sc1Br. The quantitative estimate of drug-likeness (QED) is 0.443. The lowest BCUT2D eigenvalue weighted by molar-refractivity contribution is 0.613. The highest BCUT2D eigenvalue weighted by molar-refractivity contribution is 9.12. The van der Waals surface area contributed by atoms with Crippen LogP contribution >= 0.6 is 70.7 Å². The molecule has 0 nitrogen and oxygen atoms in total. The Bertz CT molecular complexity index is 535. The number of alkyl halides is 1. The minimum absolute atomic E-state index is 0.270. The van der Waals surface area contributed by atoms with Gasteiger partial charge in [-0.2, -0.15) is 0 Å². The summed E-state index contributed by atoms with van der Waals surface area (Å²) >= 11 is 17.9. The molecule has 17 heavy (non-hydrogen) atoms. The third kappa shape index (κ3) is 2.95. The Morgan fingerprint density at radius 2 is 2.00 bits per heavy atom. The third-order valence-corrected chi connectivity index (χ3v) is 5.88. The summed E-state index contributed by atoms with van der Waals surface area (Å²) in [7, 11) is 0. The van der Waals surface area contributed by atoms with E-state index >= 15 is 0 Å². The predicted octanol–water partition coefficient (Wildman–Crippen LogP) is 6.55. The van der Waals surface area contributed by atoms with E-state index in [0.29, 0.717) is 10.6 Å². The molecule has 0 amide bonds. The lowest BCUT2D eigenvalue weighted by atomic mass is 10.1. The van der Waals surface area contributed by atoms with Crippen molar-refractivity contribution < 1.29 is 4.39 Å². The Kier molecular flexibility index (Phi) is 4.69. The van der Waals surface area contributed by atoms with Crippen LogP contribution in [0, 0.1) is 5.82 Å². The van der Waals surface area contributed by atoms with Gasteiger partial charge in [-0.25, -0.2) is 4.39 Å². The summed E-state index contributed by atoms with van der Waals surface area (Å²) in [5.41, 5.74) is 1.41. The van der Waals surface area contributed by atoms with Crippen molar-refractivity contribution in [3.63, 3.8) is 0 Å². The van der Waals surface area contributed by atoms with Crippen LogP contribution in [0.3, 0.4) is 0 Å². The van der Waals surface area contributed by atoms with Gasteiger partial charge < -0.3 is 0 Å². The lowest BCUT2D eigenvalue weighted by Gasteiger charge is -2.12. The first kappa shape index (κ1) is 14.0. The number of rotatable bonds is 2. The normalized spacial score (nSPS) is 12.8. The molecule has 90 valence electrons. The second kappa shape index (κ2) is 5.70. The van der Waals surface area contributed by atoms with Crippen LogP contribution in [0.4, 0.5) is 4.39 Å². The lowest BCUT2D eigenvalue weighted by Crippen LogP contribution is -1.97. The van der Waals surface area contributed by atoms with Gasteiger partial charge in [-0.05, 0) is 55.6 Å². The van der Waals surface area contributed by atoms with Crippen LogP contribution in [0.5, 0.6) is 0 Å². The fourth-order valence-electron chi connectivity index (χ4n) is 1.43. The van der Waals surface area contributed by atoms with Crippen molar-refractivity contribution in [1.29, 1.82) is 0 Å². The number of hydrogen-bond acceptors (Lipinski definition) is 1. The number of thiophene rings is 1. The molecule has 0 saturated carbocycles. The second-order valence-electron chi connectivity index (χ2n) is 3.28.